The molecule has 1 atom stereocenters. The summed E-state index contributed by atoms with van der Waals surface area (Å²) in [5.74, 6) is 0.540. The third kappa shape index (κ3) is 4.62. The number of aromatic nitrogens is 6. The first-order valence-corrected chi connectivity index (χ1v) is 11.6. The molecule has 3 heterocycles. The molecule has 5 rings (SSSR count). The molecule has 36 heavy (non-hydrogen) atoms. The lowest BCUT2D eigenvalue weighted by Crippen LogP contribution is -2.19. The van der Waals surface area contributed by atoms with Crippen LogP contribution in [0.25, 0.3) is 33.4 Å². The van der Waals surface area contributed by atoms with Gasteiger partial charge in [-0.25, -0.2) is 19.3 Å². The zero-order chi connectivity index (χ0) is 25.4. The van der Waals surface area contributed by atoms with Crippen LogP contribution >= 0.6 is 11.6 Å². The number of aliphatic hydroxyl groups is 1. The van der Waals surface area contributed by atoms with E-state index in [4.69, 9.17) is 11.6 Å². The van der Waals surface area contributed by atoms with Crippen molar-refractivity contribution in [1.82, 2.24) is 30.1 Å². The maximum atomic E-state index is 14.8. The van der Waals surface area contributed by atoms with Gasteiger partial charge in [0.25, 0.3) is 0 Å². The zero-order valence-electron chi connectivity index (χ0n) is 19.8. The number of anilines is 1. The number of fused-ring (bicyclic) bond motifs is 1. The van der Waals surface area contributed by atoms with Gasteiger partial charge in [-0.2, -0.15) is 5.10 Å². The molecule has 8 nitrogen and oxygen atoms in total. The van der Waals surface area contributed by atoms with Gasteiger partial charge in [0.05, 0.1) is 22.3 Å². The highest BCUT2D eigenvalue weighted by Crippen LogP contribution is 2.36. The lowest BCUT2D eigenvalue weighted by atomic mass is 10.0. The van der Waals surface area contributed by atoms with Gasteiger partial charge in [0, 0.05) is 40.7 Å². The molecule has 1 unspecified atom stereocenters. The summed E-state index contributed by atoms with van der Waals surface area (Å²) in [6, 6.07) is 10.1. The Morgan fingerprint density at radius 2 is 1.72 bits per heavy atom. The van der Waals surface area contributed by atoms with Crippen LogP contribution in [0.2, 0.25) is 5.02 Å². The van der Waals surface area contributed by atoms with E-state index >= 15 is 0 Å². The largest absolute Gasteiger partial charge is 0.382 e. The predicted octanol–water partition coefficient (Wildman–Crippen LogP) is 5.67. The Morgan fingerprint density at radius 3 is 2.42 bits per heavy atom. The van der Waals surface area contributed by atoms with Gasteiger partial charge in [0.1, 0.15) is 17.7 Å². The summed E-state index contributed by atoms with van der Waals surface area (Å²) in [6.07, 6.45) is 6.31. The van der Waals surface area contributed by atoms with Gasteiger partial charge < -0.3 is 10.4 Å². The predicted molar refractivity (Wildman–Crippen MR) is 137 cm³/mol. The Bertz CT molecular complexity index is 1530. The van der Waals surface area contributed by atoms with Crippen LogP contribution in [0.15, 0.2) is 61.3 Å². The average Bonchev–Trinajstić information content (AvgIpc) is 3.40. The summed E-state index contributed by atoms with van der Waals surface area (Å²) in [6.45, 7) is 5.13. The van der Waals surface area contributed by atoms with E-state index in [1.54, 1.807) is 44.6 Å². The third-order valence-corrected chi connectivity index (χ3v) is 6.15. The standard InChI is InChI=1S/C26H23ClFN7O/c1-14(18-9-16(4-6-21(18)28)24-32-13-33-35-24)34-23-19-8-15(5-7-22(19)29-12-20(23)27)17-10-30-25(31-11-17)26(2,3)36/h4-14,36H,1-3H3,(H,29,34)(H,32,33,35). The van der Waals surface area contributed by atoms with Crippen molar-refractivity contribution in [3.05, 3.63) is 83.5 Å². The molecule has 0 saturated carbocycles. The van der Waals surface area contributed by atoms with Crippen LogP contribution in [0.3, 0.4) is 0 Å². The topological polar surface area (TPSA) is 112 Å². The van der Waals surface area contributed by atoms with E-state index in [-0.39, 0.29) is 5.82 Å². The Labute approximate surface area is 211 Å². The van der Waals surface area contributed by atoms with Gasteiger partial charge in [0.15, 0.2) is 11.6 Å². The van der Waals surface area contributed by atoms with Crippen LogP contribution in [0.1, 0.15) is 38.2 Å². The molecule has 0 saturated heterocycles. The van der Waals surface area contributed by atoms with Gasteiger partial charge in [-0.15, -0.1) is 0 Å². The van der Waals surface area contributed by atoms with Crippen molar-refractivity contribution in [2.24, 2.45) is 0 Å². The quantitative estimate of drug-likeness (QED) is 0.273. The summed E-state index contributed by atoms with van der Waals surface area (Å²) in [4.78, 5) is 17.2. The molecular formula is C26H23ClFN7O. The van der Waals surface area contributed by atoms with Gasteiger partial charge in [-0.3, -0.25) is 10.1 Å². The van der Waals surface area contributed by atoms with Crippen LogP contribution in [-0.2, 0) is 5.60 Å². The van der Waals surface area contributed by atoms with Gasteiger partial charge >= 0.3 is 0 Å². The molecule has 0 radical (unpaired) electrons. The zero-order valence-corrected chi connectivity index (χ0v) is 20.5. The van der Waals surface area contributed by atoms with E-state index in [1.807, 2.05) is 25.1 Å². The lowest BCUT2D eigenvalue weighted by molar-refractivity contribution is 0.0687. The first-order valence-electron chi connectivity index (χ1n) is 11.3. The summed E-state index contributed by atoms with van der Waals surface area (Å²) >= 11 is 6.56. The van der Waals surface area contributed by atoms with Crippen LogP contribution in [0.4, 0.5) is 10.1 Å². The first-order chi connectivity index (χ1) is 17.2. The van der Waals surface area contributed by atoms with Gasteiger partial charge in [-0.05, 0) is 56.7 Å². The summed E-state index contributed by atoms with van der Waals surface area (Å²) in [7, 11) is 0. The molecule has 0 aliphatic carbocycles. The van der Waals surface area contributed by atoms with Crippen molar-refractivity contribution in [3.8, 4) is 22.5 Å². The molecule has 182 valence electrons. The van der Waals surface area contributed by atoms with Crippen molar-refractivity contribution >= 4 is 28.2 Å². The summed E-state index contributed by atoms with van der Waals surface area (Å²) in [5, 5.41) is 21.3. The van der Waals surface area contributed by atoms with Crippen LogP contribution in [-0.4, -0.2) is 35.2 Å². The number of rotatable bonds is 6. The number of pyridine rings is 1. The Kier molecular flexibility index (Phi) is 6.11. The Hall–Kier alpha value is -3.95. The average molecular weight is 504 g/mol. The number of nitrogens with zero attached hydrogens (tertiary/aromatic N) is 5. The van der Waals surface area contributed by atoms with E-state index in [9.17, 15) is 9.50 Å². The van der Waals surface area contributed by atoms with Crippen LogP contribution in [0, 0.1) is 5.82 Å². The fourth-order valence-electron chi connectivity index (χ4n) is 3.95. The van der Waals surface area contributed by atoms with Gasteiger partial charge in [-0.1, -0.05) is 17.7 Å². The number of halogens is 2. The molecule has 3 aromatic heterocycles. The molecule has 3 N–H and O–H groups in total. The van der Waals surface area contributed by atoms with E-state index < -0.39 is 11.6 Å². The minimum Gasteiger partial charge on any atom is -0.382 e. The Morgan fingerprint density at radius 1 is 0.972 bits per heavy atom. The van der Waals surface area contributed by atoms with Crippen LogP contribution < -0.4 is 5.32 Å². The van der Waals surface area contributed by atoms with Crippen molar-refractivity contribution < 1.29 is 9.50 Å². The van der Waals surface area contributed by atoms with Crippen molar-refractivity contribution in [3.63, 3.8) is 0 Å². The number of hydrogen-bond acceptors (Lipinski definition) is 7. The fourth-order valence-corrected chi connectivity index (χ4v) is 4.15. The lowest BCUT2D eigenvalue weighted by Gasteiger charge is -2.20. The molecule has 5 aromatic rings. The number of benzene rings is 2. The fraction of sp³-hybridized carbons (Fsp3) is 0.192. The van der Waals surface area contributed by atoms with Crippen molar-refractivity contribution in [1.29, 1.82) is 0 Å². The third-order valence-electron chi connectivity index (χ3n) is 5.87. The summed E-state index contributed by atoms with van der Waals surface area (Å²) < 4.78 is 14.8. The minimum atomic E-state index is -1.13. The number of H-pyrrole nitrogens is 1. The highest BCUT2D eigenvalue weighted by molar-refractivity contribution is 6.34. The van der Waals surface area contributed by atoms with Crippen LogP contribution in [0.5, 0.6) is 0 Å². The number of hydrogen-bond donors (Lipinski definition) is 3. The SMILES string of the molecule is CC(Nc1c(Cl)cnc2ccc(-c3cnc(C(C)(C)O)nc3)cc12)c1cc(-c2ncn[nH]2)ccc1F. The second-order valence-corrected chi connectivity index (χ2v) is 9.41. The number of nitrogens with one attached hydrogen (secondary N) is 2. The van der Waals surface area contributed by atoms with Crippen molar-refractivity contribution in [2.75, 3.05) is 5.32 Å². The summed E-state index contributed by atoms with van der Waals surface area (Å²) in [5.41, 5.74) is 3.03. The van der Waals surface area contributed by atoms with Crippen molar-refractivity contribution in [2.45, 2.75) is 32.4 Å². The molecular weight excluding hydrogens is 481 g/mol. The maximum Gasteiger partial charge on any atom is 0.159 e. The van der Waals surface area contributed by atoms with E-state index in [0.717, 1.165) is 27.6 Å². The first kappa shape index (κ1) is 23.8. The number of aromatic amines is 1. The maximum absolute atomic E-state index is 14.8. The second kappa shape index (κ2) is 9.25. The highest BCUT2D eigenvalue weighted by atomic mass is 35.5. The molecule has 0 aliphatic heterocycles. The van der Waals surface area contributed by atoms with Gasteiger partial charge in [0.2, 0.25) is 0 Å². The highest BCUT2D eigenvalue weighted by Gasteiger charge is 2.20. The minimum absolute atomic E-state index is 0.336. The van der Waals surface area contributed by atoms with E-state index in [1.165, 1.54) is 12.4 Å². The Balaban J connectivity index is 1.52. The normalized spacial score (nSPS) is 12.6. The van der Waals surface area contributed by atoms with E-state index in [0.29, 0.717) is 27.9 Å². The molecule has 0 bridgehead atoms. The molecule has 10 heteroatoms. The van der Waals surface area contributed by atoms with E-state index in [2.05, 4.69) is 35.5 Å². The molecule has 0 fully saturated rings. The molecule has 0 aliphatic rings. The molecule has 2 aromatic carbocycles. The monoisotopic (exact) mass is 503 g/mol. The molecule has 0 amide bonds. The smallest absolute Gasteiger partial charge is 0.159 e. The second-order valence-electron chi connectivity index (χ2n) is 9.00. The molecule has 0 spiro atoms.